The molecule has 3 heteroatoms. The predicted molar refractivity (Wildman–Crippen MR) is 82.9 cm³/mol. The average molecular weight is 277 g/mol. The number of hydrogen-bond donors (Lipinski definition) is 1. The van der Waals surface area contributed by atoms with Gasteiger partial charge in [0, 0.05) is 6.04 Å². The maximum Gasteiger partial charge on any atom is 0.161 e. The van der Waals surface area contributed by atoms with Gasteiger partial charge in [0.15, 0.2) is 11.5 Å². The van der Waals surface area contributed by atoms with Crippen molar-refractivity contribution >= 4 is 0 Å². The smallest absolute Gasteiger partial charge is 0.161 e. The molecule has 1 aromatic carbocycles. The molecule has 2 rings (SSSR count). The molecule has 3 unspecified atom stereocenters. The van der Waals surface area contributed by atoms with Gasteiger partial charge in [0.25, 0.3) is 0 Å². The maximum atomic E-state index is 5.44. The molecule has 0 spiro atoms. The zero-order valence-electron chi connectivity index (χ0n) is 13.3. The molecule has 3 nitrogen and oxygen atoms in total. The number of benzene rings is 1. The Balaban J connectivity index is 2.14. The first kappa shape index (κ1) is 15.2. The molecule has 1 aliphatic rings. The summed E-state index contributed by atoms with van der Waals surface area (Å²) in [5.41, 5.74) is 2.71. The van der Waals surface area contributed by atoms with E-state index in [1.807, 2.05) is 0 Å². The first-order valence-corrected chi connectivity index (χ1v) is 7.58. The van der Waals surface area contributed by atoms with Gasteiger partial charge in [-0.05, 0) is 61.4 Å². The van der Waals surface area contributed by atoms with E-state index in [0.717, 1.165) is 18.0 Å². The highest BCUT2D eigenvalue weighted by molar-refractivity contribution is 5.49. The lowest BCUT2D eigenvalue weighted by Crippen LogP contribution is -2.48. The fraction of sp³-hybridized carbons (Fsp3) is 0.647. The van der Waals surface area contributed by atoms with Crippen LogP contribution in [0.4, 0.5) is 0 Å². The standard InChI is InChI=1S/C17H27NO2/c1-6-7-18-15-9-14(12(15)3)13-10-17(20-5)16(19-4)8-11(13)2/h8,10,12,14-15,18H,6-7,9H2,1-5H3. The SMILES string of the molecule is CCCNC1CC(c2cc(OC)c(OC)cc2C)C1C. The molecule has 1 saturated carbocycles. The van der Waals surface area contributed by atoms with Crippen LogP contribution < -0.4 is 14.8 Å². The second-order valence-corrected chi connectivity index (χ2v) is 5.83. The van der Waals surface area contributed by atoms with E-state index in [-0.39, 0.29) is 0 Å². The van der Waals surface area contributed by atoms with E-state index in [2.05, 4.69) is 38.2 Å². The molecular formula is C17H27NO2. The molecule has 1 aliphatic carbocycles. The molecule has 0 heterocycles. The van der Waals surface area contributed by atoms with Crippen molar-refractivity contribution in [2.45, 2.75) is 45.6 Å². The van der Waals surface area contributed by atoms with Crippen molar-refractivity contribution in [1.82, 2.24) is 5.32 Å². The van der Waals surface area contributed by atoms with Crippen LogP contribution in [-0.4, -0.2) is 26.8 Å². The fourth-order valence-corrected chi connectivity index (χ4v) is 3.19. The Morgan fingerprint density at radius 3 is 2.40 bits per heavy atom. The molecule has 1 N–H and O–H groups in total. The summed E-state index contributed by atoms with van der Waals surface area (Å²) in [5.74, 6) is 2.97. The molecule has 112 valence electrons. The molecule has 1 aromatic rings. The van der Waals surface area contributed by atoms with E-state index in [0.29, 0.717) is 17.9 Å². The number of ether oxygens (including phenoxy) is 2. The monoisotopic (exact) mass is 277 g/mol. The Labute approximate surface area is 122 Å². The minimum atomic E-state index is 0.629. The Kier molecular flexibility index (Phi) is 4.92. The van der Waals surface area contributed by atoms with Crippen LogP contribution in [0.5, 0.6) is 11.5 Å². The van der Waals surface area contributed by atoms with Gasteiger partial charge in [-0.1, -0.05) is 13.8 Å². The molecule has 0 aromatic heterocycles. The lowest BCUT2D eigenvalue weighted by molar-refractivity contribution is 0.184. The zero-order chi connectivity index (χ0) is 14.7. The van der Waals surface area contributed by atoms with Gasteiger partial charge in [0.1, 0.15) is 0 Å². The van der Waals surface area contributed by atoms with Crippen molar-refractivity contribution in [3.05, 3.63) is 23.3 Å². The van der Waals surface area contributed by atoms with Gasteiger partial charge in [-0.2, -0.15) is 0 Å². The minimum absolute atomic E-state index is 0.629. The fourth-order valence-electron chi connectivity index (χ4n) is 3.19. The molecule has 0 amide bonds. The van der Waals surface area contributed by atoms with E-state index in [9.17, 15) is 0 Å². The highest BCUT2D eigenvalue weighted by Crippen LogP contribution is 2.46. The summed E-state index contributed by atoms with van der Waals surface area (Å²) < 4.78 is 10.8. The van der Waals surface area contributed by atoms with Crippen LogP contribution in [0.25, 0.3) is 0 Å². The Hall–Kier alpha value is -1.22. The lowest BCUT2D eigenvalue weighted by atomic mass is 9.66. The van der Waals surface area contributed by atoms with Crippen molar-refractivity contribution in [1.29, 1.82) is 0 Å². The van der Waals surface area contributed by atoms with Crippen molar-refractivity contribution in [2.75, 3.05) is 20.8 Å². The molecular weight excluding hydrogens is 250 g/mol. The highest BCUT2D eigenvalue weighted by Gasteiger charge is 2.39. The van der Waals surface area contributed by atoms with E-state index in [1.54, 1.807) is 14.2 Å². The van der Waals surface area contributed by atoms with E-state index in [4.69, 9.17) is 9.47 Å². The Morgan fingerprint density at radius 2 is 1.85 bits per heavy atom. The number of rotatable bonds is 6. The summed E-state index contributed by atoms with van der Waals surface area (Å²) in [6, 6.07) is 4.91. The highest BCUT2D eigenvalue weighted by atomic mass is 16.5. The van der Waals surface area contributed by atoms with Gasteiger partial charge < -0.3 is 14.8 Å². The summed E-state index contributed by atoms with van der Waals surface area (Å²) in [5, 5.41) is 3.63. The number of aryl methyl sites for hydroxylation is 1. The van der Waals surface area contributed by atoms with Crippen LogP contribution in [0.2, 0.25) is 0 Å². The average Bonchev–Trinajstić information content (AvgIpc) is 2.46. The third-order valence-corrected chi connectivity index (χ3v) is 4.61. The summed E-state index contributed by atoms with van der Waals surface area (Å²) in [6.07, 6.45) is 2.42. The third-order valence-electron chi connectivity index (χ3n) is 4.61. The van der Waals surface area contributed by atoms with Crippen LogP contribution in [0.15, 0.2) is 12.1 Å². The second kappa shape index (κ2) is 6.49. The van der Waals surface area contributed by atoms with Crippen molar-refractivity contribution < 1.29 is 9.47 Å². The van der Waals surface area contributed by atoms with Gasteiger partial charge in [-0.15, -0.1) is 0 Å². The van der Waals surface area contributed by atoms with E-state index >= 15 is 0 Å². The van der Waals surface area contributed by atoms with Crippen LogP contribution in [0.1, 0.15) is 43.7 Å². The molecule has 3 atom stereocenters. The predicted octanol–water partition coefficient (Wildman–Crippen LogP) is 3.50. The Morgan fingerprint density at radius 1 is 1.20 bits per heavy atom. The topological polar surface area (TPSA) is 30.5 Å². The molecule has 1 fully saturated rings. The zero-order valence-corrected chi connectivity index (χ0v) is 13.3. The summed E-state index contributed by atoms with van der Waals surface area (Å²) in [4.78, 5) is 0. The van der Waals surface area contributed by atoms with Gasteiger partial charge in [-0.3, -0.25) is 0 Å². The first-order chi connectivity index (χ1) is 9.62. The van der Waals surface area contributed by atoms with Gasteiger partial charge in [0.05, 0.1) is 14.2 Å². The maximum absolute atomic E-state index is 5.44. The van der Waals surface area contributed by atoms with Crippen molar-refractivity contribution in [3.63, 3.8) is 0 Å². The minimum Gasteiger partial charge on any atom is -0.493 e. The molecule has 0 radical (unpaired) electrons. The van der Waals surface area contributed by atoms with Gasteiger partial charge >= 0.3 is 0 Å². The largest absolute Gasteiger partial charge is 0.493 e. The number of methoxy groups -OCH3 is 2. The van der Waals surface area contributed by atoms with E-state index < -0.39 is 0 Å². The third kappa shape index (κ3) is 2.78. The summed E-state index contributed by atoms with van der Waals surface area (Å²) >= 11 is 0. The van der Waals surface area contributed by atoms with Gasteiger partial charge in [0.2, 0.25) is 0 Å². The summed E-state index contributed by atoms with van der Waals surface area (Å²) in [6.45, 7) is 7.84. The van der Waals surface area contributed by atoms with Crippen molar-refractivity contribution in [3.8, 4) is 11.5 Å². The lowest BCUT2D eigenvalue weighted by Gasteiger charge is -2.44. The molecule has 0 bridgehead atoms. The second-order valence-electron chi connectivity index (χ2n) is 5.83. The van der Waals surface area contributed by atoms with Crippen LogP contribution in [0.3, 0.4) is 0 Å². The molecule has 20 heavy (non-hydrogen) atoms. The van der Waals surface area contributed by atoms with E-state index in [1.165, 1.54) is 24.0 Å². The van der Waals surface area contributed by atoms with Crippen molar-refractivity contribution in [2.24, 2.45) is 5.92 Å². The van der Waals surface area contributed by atoms with Gasteiger partial charge in [-0.25, -0.2) is 0 Å². The molecule has 0 saturated heterocycles. The molecule has 0 aliphatic heterocycles. The Bertz CT molecular complexity index is 459. The number of hydrogen-bond acceptors (Lipinski definition) is 3. The normalized spacial score (nSPS) is 25.1. The first-order valence-electron chi connectivity index (χ1n) is 7.58. The summed E-state index contributed by atoms with van der Waals surface area (Å²) in [7, 11) is 3.39. The number of nitrogens with one attached hydrogen (secondary N) is 1. The van der Waals surface area contributed by atoms with Crippen LogP contribution in [0, 0.1) is 12.8 Å². The quantitative estimate of drug-likeness (QED) is 0.863. The van der Waals surface area contributed by atoms with Crippen LogP contribution >= 0.6 is 0 Å². The van der Waals surface area contributed by atoms with Crippen LogP contribution in [-0.2, 0) is 0 Å².